The molecule has 2 rings (SSSR count). The number of carbonyl (C=O) groups excluding carboxylic acids is 1. The van der Waals surface area contributed by atoms with E-state index in [1.54, 1.807) is 30.6 Å². The van der Waals surface area contributed by atoms with Gasteiger partial charge < -0.3 is 10.1 Å². The van der Waals surface area contributed by atoms with Gasteiger partial charge in [0, 0.05) is 23.3 Å². The number of hydrogen-bond acceptors (Lipinski definition) is 5. The number of pyridine rings is 1. The molecule has 0 fully saturated rings. The van der Waals surface area contributed by atoms with Crippen LogP contribution in [0.25, 0.3) is 6.08 Å². The fraction of sp³-hybridized carbons (Fsp3) is 0.214. The summed E-state index contributed by atoms with van der Waals surface area (Å²) < 4.78 is 5.35. The molecule has 0 radical (unpaired) electrons. The first-order valence-electron chi connectivity index (χ1n) is 6.18. The standard InChI is InChI=1S/C14H15N3O2S/c1-3-19-14-12(5-4-8-15-14)17-13(18)7-6-11-9-16-10(2)20-11/h4-9H,3H2,1-2H3,(H,17,18)/b7-6-. The molecule has 0 spiro atoms. The number of carbonyl (C=O) groups is 1. The lowest BCUT2D eigenvalue weighted by atomic mass is 10.3. The molecule has 0 aromatic carbocycles. The average molecular weight is 289 g/mol. The van der Waals surface area contributed by atoms with Gasteiger partial charge in [0.1, 0.15) is 5.69 Å². The average Bonchev–Trinajstić information content (AvgIpc) is 2.85. The predicted molar refractivity (Wildman–Crippen MR) is 79.9 cm³/mol. The third-order valence-electron chi connectivity index (χ3n) is 2.35. The summed E-state index contributed by atoms with van der Waals surface area (Å²) in [6.45, 7) is 4.29. The highest BCUT2D eigenvalue weighted by atomic mass is 32.1. The summed E-state index contributed by atoms with van der Waals surface area (Å²) >= 11 is 1.53. The van der Waals surface area contributed by atoms with Crippen LogP contribution in [0.4, 0.5) is 5.69 Å². The van der Waals surface area contributed by atoms with E-state index >= 15 is 0 Å². The second-order valence-corrected chi connectivity index (χ2v) is 5.16. The van der Waals surface area contributed by atoms with Crippen LogP contribution in [0.3, 0.4) is 0 Å². The van der Waals surface area contributed by atoms with Crippen LogP contribution in [0.15, 0.2) is 30.6 Å². The van der Waals surface area contributed by atoms with Gasteiger partial charge in [-0.3, -0.25) is 4.79 Å². The quantitative estimate of drug-likeness (QED) is 0.860. The first kappa shape index (κ1) is 14.2. The van der Waals surface area contributed by atoms with E-state index in [4.69, 9.17) is 4.74 Å². The van der Waals surface area contributed by atoms with Gasteiger partial charge in [-0.2, -0.15) is 0 Å². The highest BCUT2D eigenvalue weighted by Crippen LogP contribution is 2.20. The largest absolute Gasteiger partial charge is 0.476 e. The van der Waals surface area contributed by atoms with Gasteiger partial charge in [0.05, 0.1) is 11.6 Å². The van der Waals surface area contributed by atoms with E-state index < -0.39 is 0 Å². The molecule has 5 nitrogen and oxygen atoms in total. The van der Waals surface area contributed by atoms with E-state index in [2.05, 4.69) is 15.3 Å². The minimum absolute atomic E-state index is 0.231. The van der Waals surface area contributed by atoms with Gasteiger partial charge in [-0.1, -0.05) is 0 Å². The molecule has 2 aromatic rings. The van der Waals surface area contributed by atoms with Crippen molar-refractivity contribution in [3.05, 3.63) is 40.5 Å². The molecule has 0 bridgehead atoms. The SMILES string of the molecule is CCOc1ncccc1NC(=O)/C=C\c1cnc(C)s1. The lowest BCUT2D eigenvalue weighted by Gasteiger charge is -2.08. The summed E-state index contributed by atoms with van der Waals surface area (Å²) in [5.41, 5.74) is 0.560. The van der Waals surface area contributed by atoms with Gasteiger partial charge in [-0.15, -0.1) is 11.3 Å². The molecule has 104 valence electrons. The first-order chi connectivity index (χ1) is 9.69. The van der Waals surface area contributed by atoms with E-state index in [9.17, 15) is 4.79 Å². The molecule has 0 aliphatic carbocycles. The van der Waals surface area contributed by atoms with Crippen molar-refractivity contribution < 1.29 is 9.53 Å². The van der Waals surface area contributed by atoms with E-state index in [1.807, 2.05) is 13.8 Å². The summed E-state index contributed by atoms with van der Waals surface area (Å²) in [7, 11) is 0. The molecule has 6 heteroatoms. The van der Waals surface area contributed by atoms with Gasteiger partial charge in [0.25, 0.3) is 0 Å². The Balaban J connectivity index is 2.03. The molecule has 0 atom stereocenters. The Labute approximate surface area is 121 Å². The zero-order chi connectivity index (χ0) is 14.4. The third kappa shape index (κ3) is 3.89. The Morgan fingerprint density at radius 3 is 3.05 bits per heavy atom. The lowest BCUT2D eigenvalue weighted by Crippen LogP contribution is -2.10. The second kappa shape index (κ2) is 6.81. The van der Waals surface area contributed by atoms with Gasteiger partial charge in [-0.25, -0.2) is 9.97 Å². The number of rotatable bonds is 5. The maximum atomic E-state index is 11.9. The van der Waals surface area contributed by atoms with Crippen LogP contribution >= 0.6 is 11.3 Å². The molecule has 0 aliphatic rings. The van der Waals surface area contributed by atoms with Crippen molar-refractivity contribution in [2.75, 3.05) is 11.9 Å². The normalized spacial score (nSPS) is 10.7. The fourth-order valence-electron chi connectivity index (χ4n) is 1.52. The fourth-order valence-corrected chi connectivity index (χ4v) is 2.21. The van der Waals surface area contributed by atoms with Crippen molar-refractivity contribution >= 4 is 29.0 Å². The molecule has 2 heterocycles. The van der Waals surface area contributed by atoms with Crippen molar-refractivity contribution in [2.45, 2.75) is 13.8 Å². The van der Waals surface area contributed by atoms with Crippen molar-refractivity contribution in [3.63, 3.8) is 0 Å². The van der Waals surface area contributed by atoms with Gasteiger partial charge in [-0.05, 0) is 32.1 Å². The number of nitrogens with one attached hydrogen (secondary N) is 1. The summed E-state index contributed by atoms with van der Waals surface area (Å²) in [6.07, 6.45) is 6.56. The van der Waals surface area contributed by atoms with Crippen molar-refractivity contribution in [2.24, 2.45) is 0 Å². The Hall–Kier alpha value is -2.21. The Bertz CT molecular complexity index is 622. The summed E-state index contributed by atoms with van der Waals surface area (Å²) in [6, 6.07) is 3.50. The zero-order valence-corrected chi connectivity index (χ0v) is 12.1. The van der Waals surface area contributed by atoms with Crippen LogP contribution < -0.4 is 10.1 Å². The van der Waals surface area contributed by atoms with E-state index in [-0.39, 0.29) is 5.91 Å². The molecule has 0 unspecified atom stereocenters. The topological polar surface area (TPSA) is 64.1 Å². The second-order valence-electron chi connectivity index (χ2n) is 3.89. The summed E-state index contributed by atoms with van der Waals surface area (Å²) in [5.74, 6) is 0.190. The molecule has 0 aliphatic heterocycles. The van der Waals surface area contributed by atoms with Crippen LogP contribution in [0.5, 0.6) is 5.88 Å². The zero-order valence-electron chi connectivity index (χ0n) is 11.3. The Morgan fingerprint density at radius 2 is 2.35 bits per heavy atom. The van der Waals surface area contributed by atoms with E-state index in [1.165, 1.54) is 17.4 Å². The number of aryl methyl sites for hydroxylation is 1. The van der Waals surface area contributed by atoms with Gasteiger partial charge in [0.2, 0.25) is 11.8 Å². The minimum atomic E-state index is -0.231. The molecule has 0 saturated carbocycles. The predicted octanol–water partition coefficient (Wildman–Crippen LogP) is 2.90. The molecular weight excluding hydrogens is 274 g/mol. The molecule has 1 N–H and O–H groups in total. The smallest absolute Gasteiger partial charge is 0.248 e. The van der Waals surface area contributed by atoms with Gasteiger partial charge in [0.15, 0.2) is 0 Å². The number of anilines is 1. The highest BCUT2D eigenvalue weighted by Gasteiger charge is 2.06. The molecule has 2 aromatic heterocycles. The van der Waals surface area contributed by atoms with Crippen LogP contribution in [0.2, 0.25) is 0 Å². The van der Waals surface area contributed by atoms with Crippen molar-refractivity contribution in [1.82, 2.24) is 9.97 Å². The molecule has 1 amide bonds. The number of nitrogens with zero attached hydrogens (tertiary/aromatic N) is 2. The lowest BCUT2D eigenvalue weighted by molar-refractivity contribution is -0.111. The van der Waals surface area contributed by atoms with Crippen LogP contribution in [0, 0.1) is 6.92 Å². The van der Waals surface area contributed by atoms with Crippen molar-refractivity contribution in [1.29, 1.82) is 0 Å². The Morgan fingerprint density at radius 1 is 1.50 bits per heavy atom. The number of thiazole rings is 1. The number of ether oxygens (including phenoxy) is 1. The maximum Gasteiger partial charge on any atom is 0.248 e. The minimum Gasteiger partial charge on any atom is -0.476 e. The molecular formula is C14H15N3O2S. The third-order valence-corrected chi connectivity index (χ3v) is 3.23. The molecule has 20 heavy (non-hydrogen) atoms. The molecule has 0 saturated heterocycles. The maximum absolute atomic E-state index is 11.9. The van der Waals surface area contributed by atoms with Crippen LogP contribution in [-0.4, -0.2) is 22.5 Å². The van der Waals surface area contributed by atoms with Crippen LogP contribution in [0.1, 0.15) is 16.8 Å². The van der Waals surface area contributed by atoms with Gasteiger partial charge >= 0.3 is 0 Å². The van der Waals surface area contributed by atoms with Crippen molar-refractivity contribution in [3.8, 4) is 5.88 Å². The number of hydrogen-bond donors (Lipinski definition) is 1. The number of amides is 1. The number of aromatic nitrogens is 2. The summed E-state index contributed by atoms with van der Waals surface area (Å²) in [5, 5.41) is 3.71. The van der Waals surface area contributed by atoms with Crippen LogP contribution in [-0.2, 0) is 4.79 Å². The summed E-state index contributed by atoms with van der Waals surface area (Å²) in [4.78, 5) is 21.0. The monoisotopic (exact) mass is 289 g/mol. The first-order valence-corrected chi connectivity index (χ1v) is 7.00. The Kier molecular flexibility index (Phi) is 4.84. The highest BCUT2D eigenvalue weighted by molar-refractivity contribution is 7.12. The van der Waals surface area contributed by atoms with E-state index in [0.29, 0.717) is 18.2 Å². The van der Waals surface area contributed by atoms with E-state index in [0.717, 1.165) is 9.88 Å².